The summed E-state index contributed by atoms with van der Waals surface area (Å²) in [4.78, 5) is 24.1. The van der Waals surface area contributed by atoms with Crippen molar-refractivity contribution in [1.82, 2.24) is 15.5 Å². The van der Waals surface area contributed by atoms with Crippen molar-refractivity contribution in [3.05, 3.63) is 24.3 Å². The van der Waals surface area contributed by atoms with Crippen molar-refractivity contribution >= 4 is 28.3 Å². The van der Waals surface area contributed by atoms with Gasteiger partial charge in [-0.15, -0.1) is 10.2 Å². The van der Waals surface area contributed by atoms with Crippen molar-refractivity contribution in [1.29, 1.82) is 0 Å². The lowest BCUT2D eigenvalue weighted by Gasteiger charge is -2.21. The van der Waals surface area contributed by atoms with Gasteiger partial charge >= 0.3 is 0 Å². The molecule has 8 heteroatoms. The summed E-state index contributed by atoms with van der Waals surface area (Å²) >= 11 is 1.26. The molecule has 0 saturated carbocycles. The maximum Gasteiger partial charge on any atom is 0.248 e. The van der Waals surface area contributed by atoms with Crippen LogP contribution in [0.4, 0.5) is 5.13 Å². The number of hydrogen-bond acceptors (Lipinski definition) is 6. The van der Waals surface area contributed by atoms with Gasteiger partial charge in [0.25, 0.3) is 0 Å². The van der Waals surface area contributed by atoms with E-state index in [1.54, 1.807) is 34.8 Å². The van der Waals surface area contributed by atoms with Crippen molar-refractivity contribution < 1.29 is 14.3 Å². The predicted octanol–water partition coefficient (Wildman–Crippen LogP) is 2.70. The molecule has 25 heavy (non-hydrogen) atoms. The summed E-state index contributed by atoms with van der Waals surface area (Å²) in [6.07, 6.45) is 0. The molecule has 2 rings (SSSR count). The molecule has 0 aliphatic rings. The maximum atomic E-state index is 12.2. The van der Waals surface area contributed by atoms with E-state index in [1.807, 2.05) is 24.3 Å². The van der Waals surface area contributed by atoms with E-state index in [2.05, 4.69) is 20.8 Å². The number of nitrogens with zero attached hydrogens (tertiary/aromatic N) is 2. The van der Waals surface area contributed by atoms with Crippen LogP contribution in [-0.2, 0) is 9.59 Å². The van der Waals surface area contributed by atoms with Gasteiger partial charge in [-0.05, 0) is 31.2 Å². The highest BCUT2D eigenvalue weighted by Gasteiger charge is 2.25. The molecule has 1 aromatic carbocycles. The summed E-state index contributed by atoms with van der Waals surface area (Å²) < 4.78 is 5.12. The van der Waals surface area contributed by atoms with Crippen molar-refractivity contribution in [3.8, 4) is 16.3 Å². The van der Waals surface area contributed by atoms with Crippen LogP contribution >= 0.6 is 11.3 Å². The van der Waals surface area contributed by atoms with E-state index in [-0.39, 0.29) is 11.8 Å². The third kappa shape index (κ3) is 4.99. The first-order chi connectivity index (χ1) is 11.7. The quantitative estimate of drug-likeness (QED) is 0.853. The summed E-state index contributed by atoms with van der Waals surface area (Å²) in [5, 5.41) is 14.5. The Bertz CT molecular complexity index is 750. The van der Waals surface area contributed by atoms with Crippen LogP contribution in [0, 0.1) is 5.41 Å². The lowest BCUT2D eigenvalue weighted by molar-refractivity contribution is -0.131. The van der Waals surface area contributed by atoms with Gasteiger partial charge in [0, 0.05) is 11.0 Å². The third-order valence-corrected chi connectivity index (χ3v) is 4.30. The highest BCUT2D eigenvalue weighted by molar-refractivity contribution is 7.18. The first-order valence-electron chi connectivity index (χ1n) is 7.80. The summed E-state index contributed by atoms with van der Waals surface area (Å²) in [6, 6.07) is 6.74. The number of rotatable bonds is 5. The molecular weight excluding hydrogens is 340 g/mol. The van der Waals surface area contributed by atoms with Crippen LogP contribution in [-0.4, -0.2) is 35.2 Å². The van der Waals surface area contributed by atoms with Gasteiger partial charge in [-0.1, -0.05) is 32.1 Å². The number of amides is 2. The number of hydrogen-bond donors (Lipinski definition) is 2. The minimum atomic E-state index is -0.667. The van der Waals surface area contributed by atoms with Gasteiger partial charge in [0.2, 0.25) is 16.9 Å². The SMILES string of the molecule is COc1ccc(-c2nnc(NC(=O)C(C)NC(=O)C(C)(C)C)s2)cc1. The number of anilines is 1. The van der Waals surface area contributed by atoms with E-state index < -0.39 is 11.5 Å². The van der Waals surface area contributed by atoms with E-state index in [4.69, 9.17) is 4.74 Å². The maximum absolute atomic E-state index is 12.2. The number of aromatic nitrogens is 2. The molecule has 1 atom stereocenters. The van der Waals surface area contributed by atoms with Crippen LogP contribution in [0.5, 0.6) is 5.75 Å². The number of ether oxygens (including phenoxy) is 1. The van der Waals surface area contributed by atoms with E-state index >= 15 is 0 Å². The van der Waals surface area contributed by atoms with Gasteiger partial charge < -0.3 is 10.1 Å². The molecule has 0 spiro atoms. The van der Waals surface area contributed by atoms with Gasteiger partial charge in [0.15, 0.2) is 0 Å². The predicted molar refractivity (Wildman–Crippen MR) is 97.6 cm³/mol. The molecule has 134 valence electrons. The number of carbonyl (C=O) groups is 2. The fourth-order valence-electron chi connectivity index (χ4n) is 1.82. The molecule has 0 radical (unpaired) electrons. The second-order valence-electron chi connectivity index (χ2n) is 6.58. The Morgan fingerprint density at radius 1 is 1.16 bits per heavy atom. The first kappa shape index (κ1) is 18.9. The Kier molecular flexibility index (Phi) is 5.73. The normalized spacial score (nSPS) is 12.4. The summed E-state index contributed by atoms with van der Waals surface area (Å²) in [5.41, 5.74) is 0.326. The highest BCUT2D eigenvalue weighted by atomic mass is 32.1. The fourth-order valence-corrected chi connectivity index (χ4v) is 2.57. The molecule has 0 aliphatic carbocycles. The average molecular weight is 362 g/mol. The molecule has 0 aliphatic heterocycles. The van der Waals surface area contributed by atoms with Crippen molar-refractivity contribution in [3.63, 3.8) is 0 Å². The van der Waals surface area contributed by atoms with E-state index in [1.165, 1.54) is 11.3 Å². The van der Waals surface area contributed by atoms with E-state index in [0.29, 0.717) is 10.1 Å². The zero-order valence-corrected chi connectivity index (χ0v) is 15.7. The smallest absolute Gasteiger partial charge is 0.248 e. The number of nitrogens with one attached hydrogen (secondary N) is 2. The Morgan fingerprint density at radius 3 is 2.36 bits per heavy atom. The summed E-state index contributed by atoms with van der Waals surface area (Å²) in [6.45, 7) is 7.00. The number of carbonyl (C=O) groups excluding carboxylic acids is 2. The first-order valence-corrected chi connectivity index (χ1v) is 8.62. The van der Waals surface area contributed by atoms with Gasteiger partial charge in [-0.2, -0.15) is 0 Å². The lowest BCUT2D eigenvalue weighted by atomic mass is 9.95. The van der Waals surface area contributed by atoms with Crippen molar-refractivity contribution in [2.75, 3.05) is 12.4 Å². The zero-order chi connectivity index (χ0) is 18.6. The topological polar surface area (TPSA) is 93.2 Å². The van der Waals surface area contributed by atoms with Gasteiger partial charge in [0.1, 0.15) is 16.8 Å². The second-order valence-corrected chi connectivity index (χ2v) is 7.55. The lowest BCUT2D eigenvalue weighted by Crippen LogP contribution is -2.46. The largest absolute Gasteiger partial charge is 0.497 e. The van der Waals surface area contributed by atoms with Crippen LogP contribution in [0.15, 0.2) is 24.3 Å². The molecule has 1 heterocycles. The van der Waals surface area contributed by atoms with Gasteiger partial charge in [0.05, 0.1) is 7.11 Å². The van der Waals surface area contributed by atoms with Crippen LogP contribution in [0.1, 0.15) is 27.7 Å². The Balaban J connectivity index is 2.00. The van der Waals surface area contributed by atoms with E-state index in [0.717, 1.165) is 11.3 Å². The van der Waals surface area contributed by atoms with Crippen LogP contribution in [0.2, 0.25) is 0 Å². The Labute approximate surface area is 150 Å². The Morgan fingerprint density at radius 2 is 1.80 bits per heavy atom. The van der Waals surface area contributed by atoms with Crippen LogP contribution < -0.4 is 15.4 Å². The number of benzene rings is 1. The van der Waals surface area contributed by atoms with Crippen LogP contribution in [0.25, 0.3) is 10.6 Å². The molecule has 2 aromatic rings. The van der Waals surface area contributed by atoms with Gasteiger partial charge in [-0.3, -0.25) is 14.9 Å². The molecule has 2 N–H and O–H groups in total. The van der Waals surface area contributed by atoms with E-state index in [9.17, 15) is 9.59 Å². The fraction of sp³-hybridized carbons (Fsp3) is 0.412. The average Bonchev–Trinajstić information content (AvgIpc) is 3.02. The molecule has 7 nitrogen and oxygen atoms in total. The minimum absolute atomic E-state index is 0.189. The summed E-state index contributed by atoms with van der Waals surface area (Å²) in [5.74, 6) is 0.228. The zero-order valence-electron chi connectivity index (χ0n) is 14.9. The molecule has 2 amide bonds. The highest BCUT2D eigenvalue weighted by Crippen LogP contribution is 2.27. The molecule has 1 aromatic heterocycles. The second kappa shape index (κ2) is 7.60. The monoisotopic (exact) mass is 362 g/mol. The Hall–Kier alpha value is -2.48. The summed E-state index contributed by atoms with van der Waals surface area (Å²) in [7, 11) is 1.60. The van der Waals surface area contributed by atoms with Crippen LogP contribution in [0.3, 0.4) is 0 Å². The number of methoxy groups -OCH3 is 1. The standard InChI is InChI=1S/C17H22N4O3S/c1-10(18-15(23)17(2,3)4)13(22)19-16-21-20-14(25-16)11-6-8-12(24-5)9-7-11/h6-10H,1-5H3,(H,18,23)(H,19,21,22). The third-order valence-electron chi connectivity index (χ3n) is 3.41. The van der Waals surface area contributed by atoms with Gasteiger partial charge in [-0.25, -0.2) is 0 Å². The molecule has 0 bridgehead atoms. The molecule has 1 unspecified atom stereocenters. The van der Waals surface area contributed by atoms with Crippen molar-refractivity contribution in [2.24, 2.45) is 5.41 Å². The van der Waals surface area contributed by atoms with Crippen molar-refractivity contribution in [2.45, 2.75) is 33.7 Å². The molecule has 0 saturated heterocycles. The molecular formula is C17H22N4O3S. The molecule has 0 fully saturated rings. The minimum Gasteiger partial charge on any atom is -0.497 e.